The highest BCUT2D eigenvalue weighted by Gasteiger charge is 2.21. The van der Waals surface area contributed by atoms with Crippen molar-refractivity contribution in [1.29, 1.82) is 0 Å². The van der Waals surface area contributed by atoms with E-state index in [-0.39, 0.29) is 23.5 Å². The molecule has 0 spiro atoms. The standard InChI is InChI=1S/C19H18N8O3S/c1-26(2)17(29)13-6-5-12(31-13)14-23-15-9(7-11-16(28)25-19(30)22-11)8-20-27(15)18(24-14)21-10-3-4-10/h5-8,10,28H,3-4H2,1-2H3,(H2,22,25,30)/b9-7-,21-18?. The van der Waals surface area contributed by atoms with Gasteiger partial charge in [-0.3, -0.25) is 9.78 Å². The van der Waals surface area contributed by atoms with E-state index in [2.05, 4.69) is 30.0 Å². The maximum absolute atomic E-state index is 12.3. The molecule has 3 N–H and O–H groups in total. The zero-order chi connectivity index (χ0) is 21.7. The molecule has 0 bridgehead atoms. The van der Waals surface area contributed by atoms with Gasteiger partial charge in [-0.05, 0) is 31.1 Å². The molecule has 1 fully saturated rings. The van der Waals surface area contributed by atoms with Crippen LogP contribution in [-0.4, -0.2) is 65.6 Å². The van der Waals surface area contributed by atoms with Crippen molar-refractivity contribution >= 4 is 29.0 Å². The first-order chi connectivity index (χ1) is 14.9. The molecule has 0 saturated heterocycles. The van der Waals surface area contributed by atoms with Gasteiger partial charge in [0, 0.05) is 19.3 Å². The fourth-order valence-corrected chi connectivity index (χ4v) is 3.95. The van der Waals surface area contributed by atoms with Crippen molar-refractivity contribution in [2.75, 3.05) is 14.1 Å². The summed E-state index contributed by atoms with van der Waals surface area (Å²) in [4.78, 5) is 45.2. The van der Waals surface area contributed by atoms with Crippen LogP contribution in [-0.2, 0) is 0 Å². The summed E-state index contributed by atoms with van der Waals surface area (Å²) in [6.07, 6.45) is 5.14. The van der Waals surface area contributed by atoms with E-state index in [9.17, 15) is 14.7 Å². The van der Waals surface area contributed by atoms with Crippen LogP contribution in [0.4, 0.5) is 0 Å². The van der Waals surface area contributed by atoms with E-state index in [0.29, 0.717) is 27.2 Å². The fraction of sp³-hybridized carbons (Fsp3) is 0.263. The Morgan fingerprint density at radius 2 is 2.13 bits per heavy atom. The Balaban J connectivity index is 1.71. The molecule has 0 atom stereocenters. The number of nitrogens with zero attached hydrogens (tertiary/aromatic N) is 6. The van der Waals surface area contributed by atoms with Gasteiger partial charge in [-0.2, -0.15) is 14.6 Å². The number of rotatable bonds is 4. The monoisotopic (exact) mass is 438 g/mol. The van der Waals surface area contributed by atoms with E-state index in [1.165, 1.54) is 20.8 Å². The van der Waals surface area contributed by atoms with Gasteiger partial charge in [0.25, 0.3) is 5.91 Å². The van der Waals surface area contributed by atoms with Crippen LogP contribution in [0.2, 0.25) is 0 Å². The lowest BCUT2D eigenvalue weighted by Gasteiger charge is -2.07. The summed E-state index contributed by atoms with van der Waals surface area (Å²) >= 11 is 1.30. The summed E-state index contributed by atoms with van der Waals surface area (Å²) in [7, 11) is 3.40. The maximum atomic E-state index is 12.3. The number of hydrogen-bond donors (Lipinski definition) is 3. The number of hydrogen-bond acceptors (Lipinski definition) is 8. The number of thiophene rings is 1. The molecule has 1 aliphatic rings. The van der Waals surface area contributed by atoms with Crippen LogP contribution in [0, 0.1) is 0 Å². The second-order valence-corrected chi connectivity index (χ2v) is 8.48. The fourth-order valence-electron chi connectivity index (χ4n) is 2.98. The number of H-pyrrole nitrogens is 2. The number of amides is 1. The molecule has 158 valence electrons. The molecule has 0 unspecified atom stereocenters. The maximum Gasteiger partial charge on any atom is 0.326 e. The molecule has 4 aromatic rings. The van der Waals surface area contributed by atoms with Gasteiger partial charge in [0.15, 0.2) is 11.5 Å². The van der Waals surface area contributed by atoms with Gasteiger partial charge in [0.05, 0.1) is 22.0 Å². The molecule has 12 heteroatoms. The van der Waals surface area contributed by atoms with Crippen molar-refractivity contribution in [3.8, 4) is 16.6 Å². The SMILES string of the molecule is CN(C)C(=O)c1ccc(-c2nc(=NC3CC3)n3nc/c(=C/c4[nH]c(=O)[nH]c4O)c3n2)s1. The summed E-state index contributed by atoms with van der Waals surface area (Å²) in [5.74, 6) is 0.0636. The predicted octanol–water partition coefficient (Wildman–Crippen LogP) is -0.113. The minimum atomic E-state index is -0.517. The van der Waals surface area contributed by atoms with Crippen LogP contribution in [0.15, 0.2) is 28.1 Å². The highest BCUT2D eigenvalue weighted by Crippen LogP contribution is 2.26. The van der Waals surface area contributed by atoms with E-state index < -0.39 is 5.69 Å². The normalized spacial score (nSPS) is 15.2. The number of aromatic nitrogens is 6. The number of aromatic amines is 2. The topological polar surface area (TPSA) is 145 Å². The lowest BCUT2D eigenvalue weighted by molar-refractivity contribution is 0.0832. The highest BCUT2D eigenvalue weighted by atomic mass is 32.1. The minimum Gasteiger partial charge on any atom is -0.493 e. The molecule has 0 aromatic carbocycles. The molecule has 4 heterocycles. The zero-order valence-corrected chi connectivity index (χ0v) is 17.5. The van der Waals surface area contributed by atoms with Crippen LogP contribution in [0.25, 0.3) is 22.4 Å². The van der Waals surface area contributed by atoms with Gasteiger partial charge in [-0.25, -0.2) is 14.8 Å². The van der Waals surface area contributed by atoms with Crippen molar-refractivity contribution in [1.82, 2.24) is 34.4 Å². The summed E-state index contributed by atoms with van der Waals surface area (Å²) in [6.45, 7) is 0. The van der Waals surface area contributed by atoms with E-state index in [0.717, 1.165) is 17.7 Å². The first kappa shape index (κ1) is 19.2. The quantitative estimate of drug-likeness (QED) is 0.405. The van der Waals surface area contributed by atoms with Crippen molar-refractivity contribution in [3.05, 3.63) is 50.2 Å². The van der Waals surface area contributed by atoms with E-state index in [1.807, 2.05) is 6.07 Å². The zero-order valence-electron chi connectivity index (χ0n) is 16.7. The molecule has 1 aliphatic carbocycles. The van der Waals surface area contributed by atoms with Crippen molar-refractivity contribution in [2.24, 2.45) is 4.99 Å². The average Bonchev–Trinajstić information content (AvgIpc) is 3.12. The number of fused-ring (bicyclic) bond motifs is 1. The Hall–Kier alpha value is -3.80. The Bertz CT molecular complexity index is 1490. The van der Waals surface area contributed by atoms with Crippen LogP contribution in [0.5, 0.6) is 5.88 Å². The molecule has 4 aromatic heterocycles. The highest BCUT2D eigenvalue weighted by molar-refractivity contribution is 7.17. The van der Waals surface area contributed by atoms with E-state index >= 15 is 0 Å². The number of aromatic hydroxyl groups is 1. The molecule has 11 nitrogen and oxygen atoms in total. The van der Waals surface area contributed by atoms with E-state index in [1.54, 1.807) is 32.4 Å². The Morgan fingerprint density at radius 1 is 1.32 bits per heavy atom. The Labute approximate surface area is 178 Å². The predicted molar refractivity (Wildman–Crippen MR) is 113 cm³/mol. The van der Waals surface area contributed by atoms with Gasteiger partial charge in [0.2, 0.25) is 11.5 Å². The molecule has 0 aliphatic heterocycles. The van der Waals surface area contributed by atoms with Crippen molar-refractivity contribution in [3.63, 3.8) is 0 Å². The molecular formula is C19H18N8O3S. The largest absolute Gasteiger partial charge is 0.493 e. The van der Waals surface area contributed by atoms with Crippen LogP contribution in [0.3, 0.4) is 0 Å². The third-order valence-electron chi connectivity index (χ3n) is 4.70. The van der Waals surface area contributed by atoms with Crippen LogP contribution < -0.4 is 16.5 Å². The Kier molecular flexibility index (Phi) is 4.43. The summed E-state index contributed by atoms with van der Waals surface area (Å²) < 4.78 is 1.54. The average molecular weight is 438 g/mol. The van der Waals surface area contributed by atoms with Gasteiger partial charge in [-0.1, -0.05) is 0 Å². The second kappa shape index (κ2) is 7.16. The van der Waals surface area contributed by atoms with Crippen molar-refractivity contribution < 1.29 is 9.90 Å². The summed E-state index contributed by atoms with van der Waals surface area (Å²) in [5.41, 5.74) is 0.593. The smallest absolute Gasteiger partial charge is 0.326 e. The van der Waals surface area contributed by atoms with Gasteiger partial charge < -0.3 is 15.0 Å². The first-order valence-corrected chi connectivity index (χ1v) is 10.3. The van der Waals surface area contributed by atoms with Crippen LogP contribution in [0.1, 0.15) is 28.2 Å². The molecule has 1 amide bonds. The second-order valence-electron chi connectivity index (χ2n) is 7.39. The minimum absolute atomic E-state index is 0.0921. The van der Waals surface area contributed by atoms with Gasteiger partial charge >= 0.3 is 5.69 Å². The number of nitrogens with one attached hydrogen (secondary N) is 2. The van der Waals surface area contributed by atoms with Crippen molar-refractivity contribution in [2.45, 2.75) is 18.9 Å². The van der Waals surface area contributed by atoms with Gasteiger partial charge in [-0.15, -0.1) is 11.3 Å². The molecular weight excluding hydrogens is 420 g/mol. The third kappa shape index (κ3) is 3.61. The lowest BCUT2D eigenvalue weighted by atomic mass is 10.3. The summed E-state index contributed by atoms with van der Waals surface area (Å²) in [6, 6.07) is 3.77. The van der Waals surface area contributed by atoms with E-state index in [4.69, 9.17) is 0 Å². The molecule has 31 heavy (non-hydrogen) atoms. The molecule has 5 rings (SSSR count). The molecule has 0 radical (unpaired) electrons. The number of carbonyl (C=O) groups excluding carboxylic acids is 1. The van der Waals surface area contributed by atoms with Gasteiger partial charge in [0.1, 0.15) is 5.69 Å². The van der Waals surface area contributed by atoms with Crippen LogP contribution >= 0.6 is 11.3 Å². The molecule has 1 saturated carbocycles. The number of imidazole rings is 1. The summed E-state index contributed by atoms with van der Waals surface area (Å²) in [5, 5.41) is 14.8. The third-order valence-corrected chi connectivity index (χ3v) is 5.77. The lowest BCUT2D eigenvalue weighted by Crippen LogP contribution is -2.23. The number of carbonyl (C=O) groups is 1. The first-order valence-electron chi connectivity index (χ1n) is 9.53. The Morgan fingerprint density at radius 3 is 2.81 bits per heavy atom.